The van der Waals surface area contributed by atoms with E-state index in [-0.39, 0.29) is 12.1 Å². The van der Waals surface area contributed by atoms with E-state index in [0.717, 1.165) is 6.07 Å². The summed E-state index contributed by atoms with van der Waals surface area (Å²) >= 11 is 0. The van der Waals surface area contributed by atoms with Gasteiger partial charge in [0.15, 0.2) is 11.6 Å². The molecule has 1 amide bonds. The quantitative estimate of drug-likeness (QED) is 0.539. The van der Waals surface area contributed by atoms with Crippen LogP contribution in [0, 0.1) is 5.82 Å². The van der Waals surface area contributed by atoms with Gasteiger partial charge < -0.3 is 4.90 Å². The van der Waals surface area contributed by atoms with Crippen molar-refractivity contribution in [1.82, 2.24) is 25.4 Å². The summed E-state index contributed by atoms with van der Waals surface area (Å²) in [6.07, 6.45) is 9.15. The summed E-state index contributed by atoms with van der Waals surface area (Å²) in [7, 11) is 0. The third-order valence-electron chi connectivity index (χ3n) is 3.40. The third-order valence-corrected chi connectivity index (χ3v) is 3.40. The fourth-order valence-corrected chi connectivity index (χ4v) is 2.19. The maximum absolute atomic E-state index is 14.4. The van der Waals surface area contributed by atoms with Crippen molar-refractivity contribution in [1.29, 1.82) is 0 Å². The van der Waals surface area contributed by atoms with Crippen molar-refractivity contribution in [3.05, 3.63) is 72.3 Å². The second-order valence-corrected chi connectivity index (χ2v) is 4.96. The number of hydroxylamine groups is 1. The minimum absolute atomic E-state index is 0.00862. The number of carbonyl (C=O) groups is 1. The Balaban J connectivity index is 1.95. The van der Waals surface area contributed by atoms with Crippen molar-refractivity contribution in [2.45, 2.75) is 6.54 Å². The SMILES string of the molecule is O=C(NO)c1ccc(CN(c2cnccn2)c2cnccn2)c(F)c1. The molecule has 9 heteroatoms. The molecular weight excluding hydrogens is 327 g/mol. The van der Waals surface area contributed by atoms with Gasteiger partial charge >= 0.3 is 0 Å². The van der Waals surface area contributed by atoms with Crippen molar-refractivity contribution in [2.75, 3.05) is 4.90 Å². The summed E-state index contributed by atoms with van der Waals surface area (Å²) in [4.78, 5) is 29.5. The highest BCUT2D eigenvalue weighted by Gasteiger charge is 2.16. The third kappa shape index (κ3) is 3.72. The predicted octanol–water partition coefficient (Wildman–Crippen LogP) is 1.86. The highest BCUT2D eigenvalue weighted by molar-refractivity contribution is 5.93. The van der Waals surface area contributed by atoms with Gasteiger partial charge in [-0.1, -0.05) is 6.07 Å². The van der Waals surface area contributed by atoms with Crippen LogP contribution in [-0.2, 0) is 6.54 Å². The molecule has 2 heterocycles. The maximum atomic E-state index is 14.4. The van der Waals surface area contributed by atoms with E-state index in [1.807, 2.05) is 0 Å². The summed E-state index contributed by atoms with van der Waals surface area (Å²) < 4.78 is 14.4. The summed E-state index contributed by atoms with van der Waals surface area (Å²) in [5.41, 5.74) is 1.79. The van der Waals surface area contributed by atoms with Gasteiger partial charge in [-0.3, -0.25) is 20.0 Å². The number of halogens is 1. The highest BCUT2D eigenvalue weighted by Crippen LogP contribution is 2.23. The summed E-state index contributed by atoms with van der Waals surface area (Å²) in [6.45, 7) is 0.101. The number of benzene rings is 1. The average molecular weight is 340 g/mol. The molecule has 0 saturated heterocycles. The molecule has 0 aliphatic rings. The van der Waals surface area contributed by atoms with Gasteiger partial charge in [0.1, 0.15) is 5.82 Å². The number of hydrogen-bond donors (Lipinski definition) is 2. The van der Waals surface area contributed by atoms with Crippen molar-refractivity contribution in [3.63, 3.8) is 0 Å². The molecule has 3 rings (SSSR count). The summed E-state index contributed by atoms with van der Waals surface area (Å²) in [5.74, 6) is -0.441. The van der Waals surface area contributed by atoms with Gasteiger partial charge in [-0.15, -0.1) is 0 Å². The first kappa shape index (κ1) is 16.4. The monoisotopic (exact) mass is 340 g/mol. The first-order valence-corrected chi connectivity index (χ1v) is 7.21. The molecule has 3 aromatic rings. The first-order chi connectivity index (χ1) is 12.2. The van der Waals surface area contributed by atoms with Crippen LogP contribution in [0.15, 0.2) is 55.4 Å². The number of carbonyl (C=O) groups excluding carboxylic acids is 1. The fraction of sp³-hybridized carbons (Fsp3) is 0.0625. The van der Waals surface area contributed by atoms with E-state index in [2.05, 4.69) is 19.9 Å². The Morgan fingerprint density at radius 1 is 1.08 bits per heavy atom. The zero-order valence-electron chi connectivity index (χ0n) is 12.9. The fourth-order valence-electron chi connectivity index (χ4n) is 2.19. The Labute approximate surface area is 142 Å². The molecule has 0 atom stereocenters. The molecule has 0 aliphatic carbocycles. The zero-order chi connectivity index (χ0) is 17.6. The number of rotatable bonds is 5. The van der Waals surface area contributed by atoms with Gasteiger partial charge in [-0.25, -0.2) is 19.8 Å². The van der Waals surface area contributed by atoms with Gasteiger partial charge in [0.2, 0.25) is 0 Å². The van der Waals surface area contributed by atoms with Crippen LogP contribution in [0.4, 0.5) is 16.0 Å². The first-order valence-electron chi connectivity index (χ1n) is 7.21. The normalized spacial score (nSPS) is 10.3. The molecule has 126 valence electrons. The number of amides is 1. The van der Waals surface area contributed by atoms with E-state index in [0.29, 0.717) is 17.2 Å². The Kier molecular flexibility index (Phi) is 4.86. The minimum Gasteiger partial charge on any atom is -0.304 e. The lowest BCUT2D eigenvalue weighted by Gasteiger charge is -2.22. The highest BCUT2D eigenvalue weighted by atomic mass is 19.1. The molecule has 0 unspecified atom stereocenters. The molecular formula is C16H13FN6O2. The molecule has 0 fully saturated rings. The standard InChI is InChI=1S/C16H13FN6O2/c17-13-7-11(16(24)22-25)1-2-12(13)10-23(14-8-18-3-5-20-14)15-9-19-4-6-21-15/h1-9,25H,10H2,(H,22,24). The van der Waals surface area contributed by atoms with Crippen molar-refractivity contribution in [2.24, 2.45) is 0 Å². The number of nitrogens with one attached hydrogen (secondary N) is 1. The lowest BCUT2D eigenvalue weighted by molar-refractivity contribution is 0.0706. The zero-order valence-corrected chi connectivity index (χ0v) is 12.9. The molecule has 0 aliphatic heterocycles. The lowest BCUT2D eigenvalue weighted by Crippen LogP contribution is -2.21. The Morgan fingerprint density at radius 2 is 1.72 bits per heavy atom. The average Bonchev–Trinajstić information content (AvgIpc) is 2.67. The predicted molar refractivity (Wildman–Crippen MR) is 85.6 cm³/mol. The Morgan fingerprint density at radius 3 is 2.20 bits per heavy atom. The van der Waals surface area contributed by atoms with Gasteiger partial charge in [0, 0.05) is 35.9 Å². The van der Waals surface area contributed by atoms with Crippen LogP contribution >= 0.6 is 0 Å². The van der Waals surface area contributed by atoms with E-state index < -0.39 is 11.7 Å². The smallest absolute Gasteiger partial charge is 0.274 e. The van der Waals surface area contributed by atoms with Gasteiger partial charge in [-0.2, -0.15) is 0 Å². The van der Waals surface area contributed by atoms with Crippen LogP contribution in [0.25, 0.3) is 0 Å². The van der Waals surface area contributed by atoms with Crippen molar-refractivity contribution >= 4 is 17.5 Å². The summed E-state index contributed by atoms with van der Waals surface area (Å²) in [6, 6.07) is 3.92. The summed E-state index contributed by atoms with van der Waals surface area (Å²) in [5, 5.41) is 8.63. The number of anilines is 2. The molecule has 2 aromatic heterocycles. The topological polar surface area (TPSA) is 104 Å². The number of nitrogens with zero attached hydrogens (tertiary/aromatic N) is 5. The Hall–Kier alpha value is -3.46. The van der Waals surface area contributed by atoms with E-state index in [1.54, 1.807) is 4.90 Å². The van der Waals surface area contributed by atoms with Gasteiger partial charge in [0.25, 0.3) is 5.91 Å². The molecule has 2 N–H and O–H groups in total. The van der Waals surface area contributed by atoms with E-state index in [9.17, 15) is 9.18 Å². The van der Waals surface area contributed by atoms with Gasteiger partial charge in [-0.05, 0) is 12.1 Å². The molecule has 1 aromatic carbocycles. The molecule has 0 spiro atoms. The van der Waals surface area contributed by atoms with E-state index in [1.165, 1.54) is 54.8 Å². The lowest BCUT2D eigenvalue weighted by atomic mass is 10.1. The second-order valence-electron chi connectivity index (χ2n) is 4.96. The molecule has 0 radical (unpaired) electrons. The molecule has 8 nitrogen and oxygen atoms in total. The molecule has 25 heavy (non-hydrogen) atoms. The van der Waals surface area contributed by atoms with Crippen LogP contribution in [0.5, 0.6) is 0 Å². The Bertz CT molecular complexity index is 824. The number of hydrogen-bond acceptors (Lipinski definition) is 7. The van der Waals surface area contributed by atoms with Crippen LogP contribution in [0.3, 0.4) is 0 Å². The van der Waals surface area contributed by atoms with Crippen LogP contribution in [-0.4, -0.2) is 31.1 Å². The van der Waals surface area contributed by atoms with Crippen molar-refractivity contribution in [3.8, 4) is 0 Å². The molecule has 0 bridgehead atoms. The van der Waals surface area contributed by atoms with Crippen LogP contribution < -0.4 is 10.4 Å². The minimum atomic E-state index is -0.787. The molecule has 0 saturated carbocycles. The van der Waals surface area contributed by atoms with Crippen LogP contribution in [0.1, 0.15) is 15.9 Å². The van der Waals surface area contributed by atoms with E-state index >= 15 is 0 Å². The van der Waals surface area contributed by atoms with Crippen molar-refractivity contribution < 1.29 is 14.4 Å². The maximum Gasteiger partial charge on any atom is 0.274 e. The van der Waals surface area contributed by atoms with Crippen LogP contribution in [0.2, 0.25) is 0 Å². The van der Waals surface area contributed by atoms with Gasteiger partial charge in [0.05, 0.1) is 18.9 Å². The largest absolute Gasteiger partial charge is 0.304 e. The van der Waals surface area contributed by atoms with E-state index in [4.69, 9.17) is 5.21 Å². The number of aromatic nitrogens is 4. The second kappa shape index (κ2) is 7.41.